The van der Waals surface area contributed by atoms with Crippen LogP contribution in [0, 0.1) is 0 Å². The molecule has 0 N–H and O–H groups in total. The van der Waals surface area contributed by atoms with E-state index in [1.165, 1.54) is 16.7 Å². The lowest BCUT2D eigenvalue weighted by Gasteiger charge is -1.99. The zero-order valence-electron chi connectivity index (χ0n) is 8.66. The lowest BCUT2D eigenvalue weighted by Crippen LogP contribution is -1.78. The van der Waals surface area contributed by atoms with Crippen molar-refractivity contribution in [3.63, 3.8) is 0 Å². The quantitative estimate of drug-likeness (QED) is 0.612. The van der Waals surface area contributed by atoms with E-state index in [4.69, 9.17) is 0 Å². The lowest BCUT2D eigenvalue weighted by molar-refractivity contribution is 1.23. The number of hydrogen-bond donors (Lipinski definition) is 0. The Labute approximate surface area is 86.3 Å². The summed E-state index contributed by atoms with van der Waals surface area (Å²) in [7, 11) is 0. The van der Waals surface area contributed by atoms with E-state index < -0.39 is 0 Å². The third-order valence-corrected chi connectivity index (χ3v) is 1.98. The van der Waals surface area contributed by atoms with Crippen molar-refractivity contribution in [3.8, 4) is 0 Å². The zero-order chi connectivity index (χ0) is 10.4. The third-order valence-electron chi connectivity index (χ3n) is 1.98. The average Bonchev–Trinajstić information content (AvgIpc) is 2.18. The van der Waals surface area contributed by atoms with Gasteiger partial charge in [0.05, 0.1) is 0 Å². The Hall–Kier alpha value is -1.56. The second-order valence-electron chi connectivity index (χ2n) is 3.40. The van der Waals surface area contributed by atoms with Crippen LogP contribution in [-0.4, -0.2) is 0 Å². The van der Waals surface area contributed by atoms with Gasteiger partial charge in [0, 0.05) is 0 Å². The van der Waals surface area contributed by atoms with E-state index >= 15 is 0 Å². The van der Waals surface area contributed by atoms with Crippen LogP contribution in [0.1, 0.15) is 24.5 Å². The van der Waals surface area contributed by atoms with Crippen molar-refractivity contribution in [2.45, 2.75) is 13.3 Å². The second-order valence-corrected chi connectivity index (χ2v) is 3.40. The topological polar surface area (TPSA) is 0 Å². The zero-order valence-corrected chi connectivity index (χ0v) is 8.66. The maximum Gasteiger partial charge on any atom is -0.0141 e. The van der Waals surface area contributed by atoms with E-state index in [2.05, 4.69) is 37.4 Å². The van der Waals surface area contributed by atoms with Crippen molar-refractivity contribution in [3.05, 3.63) is 60.2 Å². The summed E-state index contributed by atoms with van der Waals surface area (Å²) in [5, 5.41) is 0. The van der Waals surface area contributed by atoms with Crippen LogP contribution in [-0.2, 0) is 0 Å². The van der Waals surface area contributed by atoms with Crippen LogP contribution < -0.4 is 0 Å². The molecule has 14 heavy (non-hydrogen) atoms. The van der Waals surface area contributed by atoms with Gasteiger partial charge >= 0.3 is 0 Å². The first-order valence-electron chi connectivity index (χ1n) is 4.76. The maximum atomic E-state index is 3.86. The van der Waals surface area contributed by atoms with Gasteiger partial charge in [-0.05, 0) is 24.5 Å². The molecule has 0 amide bonds. The van der Waals surface area contributed by atoms with Crippen LogP contribution in [0.25, 0.3) is 12.2 Å². The molecule has 72 valence electrons. The van der Waals surface area contributed by atoms with Crippen molar-refractivity contribution in [2.24, 2.45) is 0 Å². The molecule has 0 aliphatic carbocycles. The monoisotopic (exact) mass is 184 g/mol. The van der Waals surface area contributed by atoms with Crippen molar-refractivity contribution in [1.82, 2.24) is 0 Å². The minimum absolute atomic E-state index is 0.936. The molecule has 0 heteroatoms. The molecular weight excluding hydrogens is 168 g/mol. The third kappa shape index (κ3) is 3.06. The van der Waals surface area contributed by atoms with Gasteiger partial charge in [-0.25, -0.2) is 0 Å². The van der Waals surface area contributed by atoms with Gasteiger partial charge in [-0.2, -0.15) is 0 Å². The summed E-state index contributed by atoms with van der Waals surface area (Å²) in [6.45, 7) is 9.67. The predicted octanol–water partition coefficient (Wildman–Crippen LogP) is 4.31. The lowest BCUT2D eigenvalue weighted by atomic mass is 10.1. The molecule has 0 aromatic heterocycles. The Morgan fingerprint density at radius 3 is 2.50 bits per heavy atom. The molecule has 1 aromatic carbocycles. The highest BCUT2D eigenvalue weighted by molar-refractivity contribution is 5.64. The summed E-state index contributed by atoms with van der Waals surface area (Å²) in [5.74, 6) is 0. The molecule has 0 spiro atoms. The van der Waals surface area contributed by atoms with Crippen LogP contribution in [0.4, 0.5) is 0 Å². The number of benzene rings is 1. The molecule has 0 aliphatic rings. The predicted molar refractivity (Wildman–Crippen MR) is 65.0 cm³/mol. The highest BCUT2D eigenvalue weighted by Crippen LogP contribution is 2.12. The van der Waals surface area contributed by atoms with Gasteiger partial charge in [0.25, 0.3) is 0 Å². The molecule has 0 fully saturated rings. The smallest absolute Gasteiger partial charge is 0.0141 e. The molecule has 1 aromatic rings. The Balaban J connectivity index is 2.80. The van der Waals surface area contributed by atoms with Crippen LogP contribution in [0.3, 0.4) is 0 Å². The van der Waals surface area contributed by atoms with Gasteiger partial charge < -0.3 is 0 Å². The molecule has 0 heterocycles. The van der Waals surface area contributed by atoms with Gasteiger partial charge in [0.2, 0.25) is 0 Å². The first-order chi connectivity index (χ1) is 6.74. The average molecular weight is 184 g/mol. The van der Waals surface area contributed by atoms with E-state index in [0.717, 1.165) is 6.42 Å². The minimum Gasteiger partial charge on any atom is -0.0998 e. The largest absolute Gasteiger partial charge is 0.0998 e. The number of rotatable bonds is 4. The second kappa shape index (κ2) is 5.23. The standard InChI is InChI=1S/C14H16/c1-4-13-9-5-6-10-14(13)11-7-8-12(2)3/h4-7,9-11H,1-2,8H2,3H3/b11-7-. The van der Waals surface area contributed by atoms with E-state index in [0.29, 0.717) is 0 Å². The van der Waals surface area contributed by atoms with Gasteiger partial charge in [-0.1, -0.05) is 61.2 Å². The van der Waals surface area contributed by atoms with Crippen molar-refractivity contribution >= 4 is 12.2 Å². The normalized spacial score (nSPS) is 10.4. The molecule has 1 rings (SSSR count). The maximum absolute atomic E-state index is 3.86. The number of allylic oxidation sites excluding steroid dienone is 2. The summed E-state index contributed by atoms with van der Waals surface area (Å²) in [5.41, 5.74) is 3.56. The summed E-state index contributed by atoms with van der Waals surface area (Å²) in [6, 6.07) is 8.21. The summed E-state index contributed by atoms with van der Waals surface area (Å²) in [6.07, 6.45) is 7.06. The molecule has 0 radical (unpaired) electrons. The summed E-state index contributed by atoms with van der Waals surface area (Å²) >= 11 is 0. The van der Waals surface area contributed by atoms with Crippen molar-refractivity contribution in [1.29, 1.82) is 0 Å². The van der Waals surface area contributed by atoms with Gasteiger partial charge in [-0.15, -0.1) is 0 Å². The Morgan fingerprint density at radius 2 is 1.93 bits per heavy atom. The summed E-state index contributed by atoms with van der Waals surface area (Å²) < 4.78 is 0. The van der Waals surface area contributed by atoms with Crippen LogP contribution >= 0.6 is 0 Å². The molecule has 0 atom stereocenters. The highest BCUT2D eigenvalue weighted by atomic mass is 14.0. The first-order valence-corrected chi connectivity index (χ1v) is 4.76. The van der Waals surface area contributed by atoms with Gasteiger partial charge in [-0.3, -0.25) is 0 Å². The van der Waals surface area contributed by atoms with Gasteiger partial charge in [0.1, 0.15) is 0 Å². The molecule has 0 nitrogen and oxygen atoms in total. The Bertz CT molecular complexity index is 356. The van der Waals surface area contributed by atoms with Crippen molar-refractivity contribution in [2.75, 3.05) is 0 Å². The highest BCUT2D eigenvalue weighted by Gasteiger charge is 1.91. The molecular formula is C14H16. The number of hydrogen-bond acceptors (Lipinski definition) is 0. The van der Waals surface area contributed by atoms with E-state index in [9.17, 15) is 0 Å². The van der Waals surface area contributed by atoms with Crippen LogP contribution in [0.2, 0.25) is 0 Å². The fraction of sp³-hybridized carbons (Fsp3) is 0.143. The fourth-order valence-corrected chi connectivity index (χ4v) is 1.24. The molecule has 0 saturated heterocycles. The Kier molecular flexibility index (Phi) is 3.93. The molecule has 0 bridgehead atoms. The van der Waals surface area contributed by atoms with E-state index in [1.807, 2.05) is 25.1 Å². The van der Waals surface area contributed by atoms with E-state index in [-0.39, 0.29) is 0 Å². The Morgan fingerprint density at radius 1 is 1.29 bits per heavy atom. The fourth-order valence-electron chi connectivity index (χ4n) is 1.24. The van der Waals surface area contributed by atoms with Gasteiger partial charge in [0.15, 0.2) is 0 Å². The minimum atomic E-state index is 0.936. The van der Waals surface area contributed by atoms with E-state index in [1.54, 1.807) is 0 Å². The van der Waals surface area contributed by atoms with Crippen molar-refractivity contribution < 1.29 is 0 Å². The molecule has 0 unspecified atom stereocenters. The molecule has 0 saturated carbocycles. The summed E-state index contributed by atoms with van der Waals surface area (Å²) in [4.78, 5) is 0. The van der Waals surface area contributed by atoms with Crippen LogP contribution in [0.5, 0.6) is 0 Å². The SMILES string of the molecule is C=Cc1ccccc1/C=C\CC(=C)C. The molecule has 0 aliphatic heterocycles. The first kappa shape index (κ1) is 10.5. The van der Waals surface area contributed by atoms with Crippen LogP contribution in [0.15, 0.2) is 49.1 Å².